The van der Waals surface area contributed by atoms with Gasteiger partial charge in [0.15, 0.2) is 5.82 Å². The second-order valence-electron chi connectivity index (χ2n) is 6.08. The topological polar surface area (TPSA) is 71.8 Å². The molecule has 0 spiro atoms. The van der Waals surface area contributed by atoms with Crippen molar-refractivity contribution in [2.45, 2.75) is 18.9 Å². The number of nitrogens with one attached hydrogen (secondary N) is 2. The standard InChI is InChI=1S/C16H19N5O/c1-17-16-15(19-2-3-20-16)11-5-13-12-4-10(7-18-8-12)9-21(13)14(22)6-11/h2-3,5-6,10,12,18H,4,7-9H2,1H3,(H,17,20)/t10-,12+/m0/s1. The molecule has 1 saturated heterocycles. The van der Waals surface area contributed by atoms with Crippen LogP contribution < -0.4 is 16.2 Å². The molecule has 0 aliphatic carbocycles. The predicted octanol–water partition coefficient (Wildman–Crippen LogP) is 1.05. The molecule has 2 aliphatic rings. The van der Waals surface area contributed by atoms with Crippen molar-refractivity contribution in [2.24, 2.45) is 5.92 Å². The largest absolute Gasteiger partial charge is 0.371 e. The number of hydrogen-bond acceptors (Lipinski definition) is 5. The van der Waals surface area contributed by atoms with Crippen molar-refractivity contribution in [1.82, 2.24) is 19.9 Å². The van der Waals surface area contributed by atoms with Crippen LogP contribution in [-0.4, -0.2) is 34.7 Å². The highest BCUT2D eigenvalue weighted by Crippen LogP contribution is 2.34. The van der Waals surface area contributed by atoms with E-state index >= 15 is 0 Å². The summed E-state index contributed by atoms with van der Waals surface area (Å²) in [5, 5.41) is 6.52. The molecule has 0 aromatic carbocycles. The highest BCUT2D eigenvalue weighted by Gasteiger charge is 2.31. The summed E-state index contributed by atoms with van der Waals surface area (Å²) < 4.78 is 1.94. The summed E-state index contributed by atoms with van der Waals surface area (Å²) in [7, 11) is 1.81. The Morgan fingerprint density at radius 2 is 2.14 bits per heavy atom. The zero-order valence-electron chi connectivity index (χ0n) is 12.5. The molecule has 4 heterocycles. The molecule has 6 heteroatoms. The van der Waals surface area contributed by atoms with Gasteiger partial charge in [0.05, 0.1) is 0 Å². The van der Waals surface area contributed by atoms with E-state index < -0.39 is 0 Å². The third-order valence-electron chi connectivity index (χ3n) is 4.67. The first kappa shape index (κ1) is 13.5. The van der Waals surface area contributed by atoms with Crippen LogP contribution in [0.25, 0.3) is 11.3 Å². The summed E-state index contributed by atoms with van der Waals surface area (Å²) in [5.74, 6) is 1.68. The van der Waals surface area contributed by atoms with Crippen molar-refractivity contribution in [3.8, 4) is 11.3 Å². The maximum atomic E-state index is 12.6. The minimum Gasteiger partial charge on any atom is -0.371 e. The maximum absolute atomic E-state index is 12.6. The third-order valence-corrected chi connectivity index (χ3v) is 4.67. The van der Waals surface area contributed by atoms with Crippen LogP contribution in [0.3, 0.4) is 0 Å². The molecule has 1 fully saturated rings. The van der Waals surface area contributed by atoms with Crippen LogP contribution in [0, 0.1) is 5.92 Å². The molecule has 22 heavy (non-hydrogen) atoms. The van der Waals surface area contributed by atoms with E-state index in [1.165, 1.54) is 0 Å². The second-order valence-corrected chi connectivity index (χ2v) is 6.08. The van der Waals surface area contributed by atoms with Gasteiger partial charge in [0.25, 0.3) is 5.56 Å². The Bertz CT molecular complexity index is 769. The summed E-state index contributed by atoms with van der Waals surface area (Å²) in [5.41, 5.74) is 2.77. The summed E-state index contributed by atoms with van der Waals surface area (Å²) in [6, 6.07) is 3.79. The molecule has 0 saturated carbocycles. The van der Waals surface area contributed by atoms with Crippen LogP contribution in [0.5, 0.6) is 0 Å². The van der Waals surface area contributed by atoms with Crippen LogP contribution in [0.4, 0.5) is 5.82 Å². The SMILES string of the molecule is CNc1nccnc1-c1cc2n(c(=O)c1)C[C@@H]1CNC[C@H]2C1. The number of anilines is 1. The Hall–Kier alpha value is -2.21. The smallest absolute Gasteiger partial charge is 0.251 e. The molecule has 2 N–H and O–H groups in total. The van der Waals surface area contributed by atoms with Gasteiger partial charge in [-0.1, -0.05) is 0 Å². The van der Waals surface area contributed by atoms with Gasteiger partial charge in [-0.05, 0) is 24.9 Å². The molecule has 0 amide bonds. The number of piperidine rings is 1. The van der Waals surface area contributed by atoms with Crippen molar-refractivity contribution in [2.75, 3.05) is 25.5 Å². The van der Waals surface area contributed by atoms with Crippen LogP contribution in [0.1, 0.15) is 18.0 Å². The lowest BCUT2D eigenvalue weighted by Gasteiger charge is -2.37. The van der Waals surface area contributed by atoms with Crippen LogP contribution >= 0.6 is 0 Å². The molecule has 2 aromatic heterocycles. The maximum Gasteiger partial charge on any atom is 0.251 e. The van der Waals surface area contributed by atoms with E-state index in [1.54, 1.807) is 18.5 Å². The number of fused-ring (bicyclic) bond motifs is 4. The average Bonchev–Trinajstić information content (AvgIpc) is 2.56. The van der Waals surface area contributed by atoms with E-state index in [0.717, 1.165) is 43.0 Å². The normalized spacial score (nSPS) is 23.0. The number of aromatic nitrogens is 3. The van der Waals surface area contributed by atoms with Crippen LogP contribution in [0.2, 0.25) is 0 Å². The molecular weight excluding hydrogens is 278 g/mol. The fourth-order valence-corrected chi connectivity index (χ4v) is 3.67. The number of pyridine rings is 1. The number of rotatable bonds is 2. The van der Waals surface area contributed by atoms with E-state index in [0.29, 0.717) is 17.7 Å². The van der Waals surface area contributed by atoms with Gasteiger partial charge in [-0.15, -0.1) is 0 Å². The quantitative estimate of drug-likeness (QED) is 0.867. The first-order valence-corrected chi connectivity index (χ1v) is 7.71. The molecule has 0 radical (unpaired) electrons. The van der Waals surface area contributed by atoms with Gasteiger partial charge in [0.2, 0.25) is 0 Å². The molecule has 114 valence electrons. The van der Waals surface area contributed by atoms with Crippen LogP contribution in [0.15, 0.2) is 29.3 Å². The highest BCUT2D eigenvalue weighted by atomic mass is 16.1. The minimum atomic E-state index is 0.0665. The van der Waals surface area contributed by atoms with Gasteiger partial charge in [-0.3, -0.25) is 9.78 Å². The molecule has 2 bridgehead atoms. The molecular formula is C16H19N5O. The van der Waals surface area contributed by atoms with E-state index in [4.69, 9.17) is 0 Å². The monoisotopic (exact) mass is 297 g/mol. The number of nitrogens with zero attached hydrogens (tertiary/aromatic N) is 3. The summed E-state index contributed by atoms with van der Waals surface area (Å²) in [6.45, 7) is 2.77. The lowest BCUT2D eigenvalue weighted by molar-refractivity contribution is 0.257. The molecule has 4 rings (SSSR count). The van der Waals surface area contributed by atoms with Gasteiger partial charge in [0, 0.05) is 55.8 Å². The Labute approximate surface area is 128 Å². The Morgan fingerprint density at radius 3 is 3.00 bits per heavy atom. The van der Waals surface area contributed by atoms with Crippen molar-refractivity contribution in [3.63, 3.8) is 0 Å². The first-order valence-electron chi connectivity index (χ1n) is 7.71. The summed E-state index contributed by atoms with van der Waals surface area (Å²) in [6.07, 6.45) is 4.47. The Morgan fingerprint density at radius 1 is 1.27 bits per heavy atom. The van der Waals surface area contributed by atoms with Crippen molar-refractivity contribution in [3.05, 3.63) is 40.6 Å². The van der Waals surface area contributed by atoms with E-state index in [9.17, 15) is 4.79 Å². The minimum absolute atomic E-state index is 0.0665. The van der Waals surface area contributed by atoms with E-state index in [2.05, 4.69) is 26.7 Å². The third kappa shape index (κ3) is 2.11. The Balaban J connectivity index is 1.87. The van der Waals surface area contributed by atoms with Crippen molar-refractivity contribution < 1.29 is 0 Å². The lowest BCUT2D eigenvalue weighted by Crippen LogP contribution is -2.44. The van der Waals surface area contributed by atoms with Crippen molar-refractivity contribution >= 4 is 5.82 Å². The first-order chi connectivity index (χ1) is 10.8. The van der Waals surface area contributed by atoms with E-state index in [1.807, 2.05) is 11.6 Å². The van der Waals surface area contributed by atoms with Gasteiger partial charge < -0.3 is 15.2 Å². The number of hydrogen-bond donors (Lipinski definition) is 2. The Kier molecular flexibility index (Phi) is 3.18. The zero-order valence-corrected chi connectivity index (χ0v) is 12.5. The fraction of sp³-hybridized carbons (Fsp3) is 0.438. The molecule has 2 atom stereocenters. The second kappa shape index (κ2) is 5.21. The predicted molar refractivity (Wildman–Crippen MR) is 85.0 cm³/mol. The van der Waals surface area contributed by atoms with Gasteiger partial charge >= 0.3 is 0 Å². The zero-order chi connectivity index (χ0) is 15.1. The van der Waals surface area contributed by atoms with Crippen molar-refractivity contribution in [1.29, 1.82) is 0 Å². The van der Waals surface area contributed by atoms with Gasteiger partial charge in [0.1, 0.15) is 5.69 Å². The lowest BCUT2D eigenvalue weighted by atomic mass is 9.83. The average molecular weight is 297 g/mol. The molecule has 2 aliphatic heterocycles. The molecule has 6 nitrogen and oxygen atoms in total. The molecule has 2 aromatic rings. The fourth-order valence-electron chi connectivity index (χ4n) is 3.67. The van der Waals surface area contributed by atoms with Gasteiger partial charge in [-0.2, -0.15) is 0 Å². The van der Waals surface area contributed by atoms with Gasteiger partial charge in [-0.25, -0.2) is 4.98 Å². The van der Waals surface area contributed by atoms with Crippen LogP contribution in [-0.2, 0) is 6.54 Å². The van der Waals surface area contributed by atoms with E-state index in [-0.39, 0.29) is 5.56 Å². The highest BCUT2D eigenvalue weighted by molar-refractivity contribution is 5.71. The summed E-state index contributed by atoms with van der Waals surface area (Å²) >= 11 is 0. The summed E-state index contributed by atoms with van der Waals surface area (Å²) in [4.78, 5) is 21.2. The molecule has 0 unspecified atom stereocenters.